The number of aryl methyl sites for hydroxylation is 2. The second-order valence-corrected chi connectivity index (χ2v) is 11.5. The molecule has 4 bridgehead atoms. The molecule has 0 radical (unpaired) electrons. The van der Waals surface area contributed by atoms with Gasteiger partial charge in [-0.2, -0.15) is 0 Å². The third-order valence-corrected chi connectivity index (χ3v) is 8.71. The summed E-state index contributed by atoms with van der Waals surface area (Å²) >= 11 is 0. The van der Waals surface area contributed by atoms with Crippen molar-refractivity contribution < 1.29 is 9.47 Å². The lowest BCUT2D eigenvalue weighted by Gasteiger charge is -2.56. The second-order valence-electron chi connectivity index (χ2n) is 11.5. The first-order valence-electron chi connectivity index (χ1n) is 13.2. The van der Waals surface area contributed by atoms with Crippen molar-refractivity contribution >= 4 is 0 Å². The number of hydrogen-bond acceptors (Lipinski definition) is 4. The molecule has 1 atom stereocenters. The van der Waals surface area contributed by atoms with Gasteiger partial charge in [0.2, 0.25) is 0 Å². The molecule has 4 fully saturated rings. The molecule has 1 unspecified atom stereocenters. The molecule has 1 aromatic heterocycles. The highest BCUT2D eigenvalue weighted by Gasteiger charge is 2.51. The number of nitrogens with zero attached hydrogens (tertiary/aromatic N) is 2. The Morgan fingerprint density at radius 3 is 2.55 bits per heavy atom. The lowest BCUT2D eigenvalue weighted by Crippen LogP contribution is -2.48. The summed E-state index contributed by atoms with van der Waals surface area (Å²) in [4.78, 5) is 4.63. The van der Waals surface area contributed by atoms with Gasteiger partial charge in [-0.3, -0.25) is 0 Å². The zero-order chi connectivity index (χ0) is 22.4. The van der Waals surface area contributed by atoms with Crippen LogP contribution in [0.2, 0.25) is 0 Å². The number of ether oxygens (including phenoxy) is 2. The minimum Gasteiger partial charge on any atom is -0.490 e. The molecule has 4 saturated carbocycles. The summed E-state index contributed by atoms with van der Waals surface area (Å²) in [6.45, 7) is 7.51. The molecule has 5 nitrogen and oxygen atoms in total. The summed E-state index contributed by atoms with van der Waals surface area (Å²) in [5, 5.41) is 3.75. The van der Waals surface area contributed by atoms with Crippen LogP contribution >= 0.6 is 0 Å². The SMILES string of the molecule is CCOc1cc(CNC2CCc3nc(C)cn3C2)ccc1OCC12CC3CC(CC(C3)C1)C2. The lowest BCUT2D eigenvalue weighted by atomic mass is 9.50. The zero-order valence-corrected chi connectivity index (χ0v) is 20.3. The van der Waals surface area contributed by atoms with Gasteiger partial charge in [-0.05, 0) is 94.2 Å². The predicted octanol–water partition coefficient (Wildman–Crippen LogP) is 5.29. The minimum absolute atomic E-state index is 0.421. The molecular weight excluding hydrogens is 410 g/mol. The smallest absolute Gasteiger partial charge is 0.161 e. The van der Waals surface area contributed by atoms with E-state index < -0.39 is 0 Å². The van der Waals surface area contributed by atoms with Gasteiger partial charge in [0.1, 0.15) is 5.82 Å². The van der Waals surface area contributed by atoms with E-state index in [9.17, 15) is 0 Å². The van der Waals surface area contributed by atoms with Crippen molar-refractivity contribution in [3.63, 3.8) is 0 Å². The van der Waals surface area contributed by atoms with Crippen LogP contribution in [0.15, 0.2) is 24.4 Å². The van der Waals surface area contributed by atoms with Crippen LogP contribution < -0.4 is 14.8 Å². The molecule has 5 heteroatoms. The highest BCUT2D eigenvalue weighted by atomic mass is 16.5. The van der Waals surface area contributed by atoms with Crippen molar-refractivity contribution in [2.24, 2.45) is 23.2 Å². The molecule has 1 N–H and O–H groups in total. The average Bonchev–Trinajstić information content (AvgIpc) is 3.15. The highest BCUT2D eigenvalue weighted by Crippen LogP contribution is 2.60. The van der Waals surface area contributed by atoms with Crippen molar-refractivity contribution in [2.75, 3.05) is 13.2 Å². The number of hydrogen-bond donors (Lipinski definition) is 1. The largest absolute Gasteiger partial charge is 0.490 e. The fraction of sp³-hybridized carbons (Fsp3) is 0.679. The van der Waals surface area contributed by atoms with E-state index in [4.69, 9.17) is 9.47 Å². The Balaban J connectivity index is 1.09. The summed E-state index contributed by atoms with van der Waals surface area (Å²) in [7, 11) is 0. The topological polar surface area (TPSA) is 48.3 Å². The van der Waals surface area contributed by atoms with E-state index in [1.54, 1.807) is 0 Å². The van der Waals surface area contributed by atoms with Gasteiger partial charge in [-0.25, -0.2) is 4.98 Å². The third kappa shape index (κ3) is 4.41. The average molecular weight is 450 g/mol. The number of fused-ring (bicyclic) bond motifs is 1. The van der Waals surface area contributed by atoms with Crippen LogP contribution in [0.25, 0.3) is 0 Å². The quantitative estimate of drug-likeness (QED) is 0.595. The second kappa shape index (κ2) is 8.65. The van der Waals surface area contributed by atoms with Crippen molar-refractivity contribution in [1.29, 1.82) is 0 Å². The lowest BCUT2D eigenvalue weighted by molar-refractivity contribution is -0.0748. The summed E-state index contributed by atoms with van der Waals surface area (Å²) < 4.78 is 14.8. The van der Waals surface area contributed by atoms with Crippen molar-refractivity contribution in [3.05, 3.63) is 41.5 Å². The van der Waals surface area contributed by atoms with Gasteiger partial charge in [0.25, 0.3) is 0 Å². The first kappa shape index (κ1) is 21.5. The van der Waals surface area contributed by atoms with E-state index in [2.05, 4.69) is 53.1 Å². The fourth-order valence-corrected chi connectivity index (χ4v) is 7.76. The van der Waals surface area contributed by atoms with Crippen molar-refractivity contribution in [2.45, 2.75) is 84.3 Å². The van der Waals surface area contributed by atoms with E-state index in [0.717, 1.165) is 67.5 Å². The van der Waals surface area contributed by atoms with Crippen LogP contribution in [-0.4, -0.2) is 28.8 Å². The minimum atomic E-state index is 0.421. The Hall–Kier alpha value is -2.01. The van der Waals surface area contributed by atoms with Gasteiger partial charge in [0.05, 0.1) is 18.9 Å². The monoisotopic (exact) mass is 449 g/mol. The van der Waals surface area contributed by atoms with Gasteiger partial charge in [0.15, 0.2) is 11.5 Å². The van der Waals surface area contributed by atoms with Crippen LogP contribution in [0, 0.1) is 30.1 Å². The fourth-order valence-electron chi connectivity index (χ4n) is 7.76. The summed E-state index contributed by atoms with van der Waals surface area (Å²) in [6.07, 6.45) is 12.9. The van der Waals surface area contributed by atoms with Crippen LogP contribution in [0.1, 0.15) is 69.0 Å². The van der Waals surface area contributed by atoms with E-state index >= 15 is 0 Å². The Morgan fingerprint density at radius 2 is 1.82 bits per heavy atom. The Labute approximate surface area is 198 Å². The molecule has 0 saturated heterocycles. The first-order chi connectivity index (χ1) is 16.1. The standard InChI is InChI=1S/C28H39N3O2/c1-3-32-26-11-20(15-29-24-5-7-27-30-19(2)16-31(27)17-24)4-6-25(26)33-18-28-12-21-8-22(13-28)10-23(9-21)14-28/h4,6,11,16,21-24,29H,3,5,7-10,12-15,17-18H2,1-2H3. The molecule has 33 heavy (non-hydrogen) atoms. The molecule has 1 aromatic carbocycles. The number of aromatic nitrogens is 2. The van der Waals surface area contributed by atoms with Crippen LogP contribution in [0.5, 0.6) is 11.5 Å². The third-order valence-electron chi connectivity index (χ3n) is 8.71. The molecule has 7 rings (SSSR count). The normalized spacial score (nSPS) is 32.1. The van der Waals surface area contributed by atoms with Gasteiger partial charge in [-0.1, -0.05) is 6.07 Å². The summed E-state index contributed by atoms with van der Waals surface area (Å²) in [6, 6.07) is 7.01. The Morgan fingerprint density at radius 1 is 1.06 bits per heavy atom. The van der Waals surface area contributed by atoms with E-state index in [1.807, 2.05) is 0 Å². The van der Waals surface area contributed by atoms with E-state index in [-0.39, 0.29) is 0 Å². The number of nitrogens with one attached hydrogen (secondary N) is 1. The predicted molar refractivity (Wildman–Crippen MR) is 130 cm³/mol. The van der Waals surface area contributed by atoms with E-state index in [1.165, 1.54) is 49.9 Å². The van der Waals surface area contributed by atoms with Crippen LogP contribution in [0.3, 0.4) is 0 Å². The number of benzene rings is 1. The molecule has 0 spiro atoms. The summed E-state index contributed by atoms with van der Waals surface area (Å²) in [5.74, 6) is 5.93. The molecule has 5 aliphatic rings. The maximum Gasteiger partial charge on any atom is 0.161 e. The van der Waals surface area contributed by atoms with Crippen LogP contribution in [-0.2, 0) is 19.5 Å². The van der Waals surface area contributed by atoms with Gasteiger partial charge >= 0.3 is 0 Å². The first-order valence-corrected chi connectivity index (χ1v) is 13.2. The molecule has 178 valence electrons. The highest BCUT2D eigenvalue weighted by molar-refractivity contribution is 5.43. The van der Waals surface area contributed by atoms with Crippen LogP contribution in [0.4, 0.5) is 0 Å². The molecular formula is C28H39N3O2. The van der Waals surface area contributed by atoms with E-state index in [0.29, 0.717) is 18.1 Å². The summed E-state index contributed by atoms with van der Waals surface area (Å²) in [5.41, 5.74) is 2.80. The molecule has 0 amide bonds. The Kier molecular flexibility index (Phi) is 5.64. The van der Waals surface area contributed by atoms with Crippen molar-refractivity contribution in [1.82, 2.24) is 14.9 Å². The Bertz CT molecular complexity index is 962. The molecule has 1 aliphatic heterocycles. The number of imidazole rings is 1. The van der Waals surface area contributed by atoms with Gasteiger partial charge < -0.3 is 19.4 Å². The maximum absolute atomic E-state index is 6.51. The van der Waals surface area contributed by atoms with Gasteiger partial charge in [0, 0.05) is 37.2 Å². The number of rotatable bonds is 8. The molecule has 2 aromatic rings. The zero-order valence-electron chi connectivity index (χ0n) is 20.3. The maximum atomic E-state index is 6.51. The molecule has 4 aliphatic carbocycles. The molecule has 2 heterocycles. The van der Waals surface area contributed by atoms with Crippen molar-refractivity contribution in [3.8, 4) is 11.5 Å². The van der Waals surface area contributed by atoms with Gasteiger partial charge in [-0.15, -0.1) is 0 Å².